The van der Waals surface area contributed by atoms with E-state index in [2.05, 4.69) is 0 Å². The molecule has 0 saturated carbocycles. The molecule has 0 rings (SSSR count). The molecule has 0 radical (unpaired) electrons. The fourth-order valence-electron chi connectivity index (χ4n) is 0.544. The molecular formula is C6H14N2O. The van der Waals surface area contributed by atoms with Crippen molar-refractivity contribution in [3.05, 3.63) is 0 Å². The summed E-state index contributed by atoms with van der Waals surface area (Å²) < 4.78 is 0. The Morgan fingerprint density at radius 1 is 1.56 bits per heavy atom. The Hall–Kier alpha value is -0.410. The van der Waals surface area contributed by atoms with Gasteiger partial charge < -0.3 is 11.5 Å². The lowest BCUT2D eigenvalue weighted by Crippen LogP contribution is -2.40. The van der Waals surface area contributed by atoms with Crippen LogP contribution in [0.5, 0.6) is 0 Å². The van der Waals surface area contributed by atoms with Gasteiger partial charge in [0.05, 0.1) is 6.04 Å². The zero-order valence-corrected chi connectivity index (χ0v) is 5.92. The van der Waals surface area contributed by atoms with Crippen LogP contribution in [0.25, 0.3) is 0 Å². The third-order valence-corrected chi connectivity index (χ3v) is 1.19. The number of ketones is 1. The summed E-state index contributed by atoms with van der Waals surface area (Å²) in [6, 6.07) is -0.468. The van der Waals surface area contributed by atoms with Gasteiger partial charge in [0.1, 0.15) is 0 Å². The second-order valence-corrected chi connectivity index (χ2v) is 2.40. The highest BCUT2D eigenvalue weighted by molar-refractivity contribution is 5.85. The van der Waals surface area contributed by atoms with Crippen molar-refractivity contribution >= 4 is 5.78 Å². The third-order valence-electron chi connectivity index (χ3n) is 1.19. The molecule has 0 aromatic heterocycles. The largest absolute Gasteiger partial charge is 0.328 e. The van der Waals surface area contributed by atoms with Crippen molar-refractivity contribution in [2.45, 2.75) is 19.9 Å². The van der Waals surface area contributed by atoms with Crippen molar-refractivity contribution in [1.82, 2.24) is 0 Å². The molecule has 0 aliphatic heterocycles. The van der Waals surface area contributed by atoms with E-state index in [1.54, 1.807) is 0 Å². The maximum atomic E-state index is 10.9. The summed E-state index contributed by atoms with van der Waals surface area (Å²) in [5, 5.41) is 0. The van der Waals surface area contributed by atoms with E-state index in [1.807, 2.05) is 13.8 Å². The van der Waals surface area contributed by atoms with Crippen molar-refractivity contribution in [3.63, 3.8) is 0 Å². The van der Waals surface area contributed by atoms with Crippen molar-refractivity contribution < 1.29 is 4.79 Å². The van der Waals surface area contributed by atoms with Gasteiger partial charge in [0.25, 0.3) is 0 Å². The summed E-state index contributed by atoms with van der Waals surface area (Å²) in [5.41, 5.74) is 10.5. The number of hydrogen-bond donors (Lipinski definition) is 2. The molecule has 0 aromatic rings. The summed E-state index contributed by atoms with van der Waals surface area (Å²) in [7, 11) is 0. The second kappa shape index (κ2) is 3.58. The average molecular weight is 130 g/mol. The van der Waals surface area contributed by atoms with E-state index in [1.165, 1.54) is 0 Å². The van der Waals surface area contributed by atoms with E-state index in [-0.39, 0.29) is 18.2 Å². The predicted octanol–water partition coefficient (Wildman–Crippen LogP) is -0.502. The fourth-order valence-corrected chi connectivity index (χ4v) is 0.544. The van der Waals surface area contributed by atoms with Crippen molar-refractivity contribution in [2.24, 2.45) is 17.4 Å². The number of hydrogen-bond acceptors (Lipinski definition) is 3. The lowest BCUT2D eigenvalue weighted by atomic mass is 10.0. The van der Waals surface area contributed by atoms with Crippen LogP contribution < -0.4 is 11.5 Å². The molecule has 0 unspecified atom stereocenters. The van der Waals surface area contributed by atoms with Crippen LogP contribution in [0.1, 0.15) is 13.8 Å². The van der Waals surface area contributed by atoms with Crippen LogP contribution in [0.4, 0.5) is 0 Å². The number of nitrogens with two attached hydrogens (primary N) is 2. The molecule has 0 bridgehead atoms. The normalized spacial score (nSPS) is 13.9. The van der Waals surface area contributed by atoms with E-state index in [0.29, 0.717) is 0 Å². The van der Waals surface area contributed by atoms with Crippen LogP contribution in [0.2, 0.25) is 0 Å². The molecule has 0 aromatic carbocycles. The van der Waals surface area contributed by atoms with Gasteiger partial charge in [0.2, 0.25) is 0 Å². The number of Topliss-reactive ketones (excluding diaryl/α,β-unsaturated/α-hetero) is 1. The Morgan fingerprint density at radius 3 is 2.11 bits per heavy atom. The molecule has 0 spiro atoms. The first kappa shape index (κ1) is 8.59. The number of carbonyl (C=O) groups excluding carboxylic acids is 1. The van der Waals surface area contributed by atoms with Crippen LogP contribution in [-0.2, 0) is 4.79 Å². The molecule has 9 heavy (non-hydrogen) atoms. The Bertz CT molecular complexity index is 101. The number of carbonyl (C=O) groups is 1. The van der Waals surface area contributed by atoms with Crippen LogP contribution in [0.15, 0.2) is 0 Å². The highest BCUT2D eigenvalue weighted by atomic mass is 16.1. The lowest BCUT2D eigenvalue weighted by molar-refractivity contribution is -0.122. The SMILES string of the molecule is CC(C)C(=O)[C@@H](N)CN. The Kier molecular flexibility index (Phi) is 3.42. The highest BCUT2D eigenvalue weighted by Crippen LogP contribution is 1.95. The van der Waals surface area contributed by atoms with Gasteiger partial charge in [-0.2, -0.15) is 0 Å². The first-order valence-corrected chi connectivity index (χ1v) is 3.09. The summed E-state index contributed by atoms with van der Waals surface area (Å²) in [4.78, 5) is 10.9. The van der Waals surface area contributed by atoms with Crippen LogP contribution in [-0.4, -0.2) is 18.4 Å². The van der Waals surface area contributed by atoms with E-state index in [9.17, 15) is 4.79 Å². The van der Waals surface area contributed by atoms with Gasteiger partial charge in [0.15, 0.2) is 5.78 Å². The third kappa shape index (κ3) is 2.58. The highest BCUT2D eigenvalue weighted by Gasteiger charge is 2.14. The van der Waals surface area contributed by atoms with E-state index < -0.39 is 6.04 Å². The van der Waals surface area contributed by atoms with Gasteiger partial charge in [-0.05, 0) is 0 Å². The van der Waals surface area contributed by atoms with Gasteiger partial charge in [0, 0.05) is 12.5 Å². The average Bonchev–Trinajstić information content (AvgIpc) is 1.84. The molecule has 3 nitrogen and oxygen atoms in total. The lowest BCUT2D eigenvalue weighted by Gasteiger charge is -2.08. The maximum absolute atomic E-state index is 10.9. The molecule has 3 heteroatoms. The first-order valence-electron chi connectivity index (χ1n) is 3.09. The molecule has 0 aliphatic rings. The van der Waals surface area contributed by atoms with Crippen molar-refractivity contribution in [2.75, 3.05) is 6.54 Å². The second-order valence-electron chi connectivity index (χ2n) is 2.40. The van der Waals surface area contributed by atoms with Gasteiger partial charge in [-0.25, -0.2) is 0 Å². The maximum Gasteiger partial charge on any atom is 0.153 e. The van der Waals surface area contributed by atoms with E-state index >= 15 is 0 Å². The summed E-state index contributed by atoms with van der Waals surface area (Å²) in [6.45, 7) is 3.88. The zero-order chi connectivity index (χ0) is 7.44. The Balaban J connectivity index is 3.73. The quantitative estimate of drug-likeness (QED) is 0.541. The molecule has 0 saturated heterocycles. The van der Waals surface area contributed by atoms with Gasteiger partial charge in [-0.15, -0.1) is 0 Å². The van der Waals surface area contributed by atoms with E-state index in [4.69, 9.17) is 11.5 Å². The number of rotatable bonds is 3. The van der Waals surface area contributed by atoms with Crippen LogP contribution in [0.3, 0.4) is 0 Å². The topological polar surface area (TPSA) is 69.1 Å². The predicted molar refractivity (Wildman–Crippen MR) is 36.9 cm³/mol. The summed E-state index contributed by atoms with van der Waals surface area (Å²) >= 11 is 0. The molecule has 0 amide bonds. The molecule has 4 N–H and O–H groups in total. The van der Waals surface area contributed by atoms with Gasteiger partial charge >= 0.3 is 0 Å². The van der Waals surface area contributed by atoms with Crippen LogP contribution in [0, 0.1) is 5.92 Å². The molecular weight excluding hydrogens is 116 g/mol. The smallest absolute Gasteiger partial charge is 0.153 e. The van der Waals surface area contributed by atoms with E-state index in [0.717, 1.165) is 0 Å². The zero-order valence-electron chi connectivity index (χ0n) is 5.92. The minimum atomic E-state index is -0.468. The Labute approximate surface area is 55.4 Å². The first-order chi connectivity index (χ1) is 4.09. The molecule has 0 heterocycles. The molecule has 0 aliphatic carbocycles. The van der Waals surface area contributed by atoms with Crippen LogP contribution >= 0.6 is 0 Å². The molecule has 1 atom stereocenters. The monoisotopic (exact) mass is 130 g/mol. The minimum absolute atomic E-state index is 0.00329. The fraction of sp³-hybridized carbons (Fsp3) is 0.833. The van der Waals surface area contributed by atoms with Gasteiger partial charge in [-0.3, -0.25) is 4.79 Å². The minimum Gasteiger partial charge on any atom is -0.328 e. The van der Waals surface area contributed by atoms with Crippen molar-refractivity contribution in [1.29, 1.82) is 0 Å². The summed E-state index contributed by atoms with van der Waals surface area (Å²) in [6.07, 6.45) is 0. The molecule has 0 fully saturated rings. The molecule has 54 valence electrons. The standard InChI is InChI=1S/C6H14N2O/c1-4(2)6(9)5(8)3-7/h4-5H,3,7-8H2,1-2H3/t5-/m0/s1. The van der Waals surface area contributed by atoms with Gasteiger partial charge in [-0.1, -0.05) is 13.8 Å². The summed E-state index contributed by atoms with van der Waals surface area (Å²) in [5.74, 6) is 0.0426. The van der Waals surface area contributed by atoms with Crippen molar-refractivity contribution in [3.8, 4) is 0 Å². The Morgan fingerprint density at radius 2 is 2.00 bits per heavy atom.